The summed E-state index contributed by atoms with van der Waals surface area (Å²) in [5.41, 5.74) is -1.79. The Labute approximate surface area is 89.2 Å². The Morgan fingerprint density at radius 3 is 2.56 bits per heavy atom. The van der Waals surface area contributed by atoms with E-state index in [-0.39, 0.29) is 18.7 Å². The summed E-state index contributed by atoms with van der Waals surface area (Å²) in [5.74, 6) is -1.13. The van der Waals surface area contributed by atoms with Gasteiger partial charge < -0.3 is 4.74 Å². The van der Waals surface area contributed by atoms with Crippen molar-refractivity contribution in [2.24, 2.45) is 5.41 Å². The van der Waals surface area contributed by atoms with Gasteiger partial charge in [0.1, 0.15) is 12.0 Å². The number of nitrogens with zero attached hydrogens (tertiary/aromatic N) is 1. The first kappa shape index (κ1) is 11.2. The van der Waals surface area contributed by atoms with E-state index in [1.54, 1.807) is 0 Å². The van der Waals surface area contributed by atoms with Crippen LogP contribution in [-0.2, 0) is 0 Å². The number of alkyl halides is 3. The number of pyridine rings is 1. The van der Waals surface area contributed by atoms with Gasteiger partial charge in [-0.1, -0.05) is 0 Å². The lowest BCUT2D eigenvalue weighted by atomic mass is 10.1. The summed E-state index contributed by atoms with van der Waals surface area (Å²) < 4.78 is 55.3. The Morgan fingerprint density at radius 1 is 1.38 bits per heavy atom. The molecule has 2 nitrogen and oxygen atoms in total. The molecule has 1 aliphatic rings. The molecule has 0 saturated heterocycles. The molecule has 1 aromatic rings. The van der Waals surface area contributed by atoms with Gasteiger partial charge in [0.15, 0.2) is 5.82 Å². The number of hydrogen-bond acceptors (Lipinski definition) is 2. The van der Waals surface area contributed by atoms with Crippen molar-refractivity contribution in [3.8, 4) is 5.88 Å². The summed E-state index contributed by atoms with van der Waals surface area (Å²) in [4.78, 5) is 3.53. The van der Waals surface area contributed by atoms with Crippen LogP contribution in [0.5, 0.6) is 5.88 Å². The Kier molecular flexibility index (Phi) is 2.52. The minimum Gasteiger partial charge on any atom is -0.475 e. The molecule has 1 aliphatic carbocycles. The number of rotatable bonds is 3. The second-order valence-electron chi connectivity index (χ2n) is 3.86. The zero-order chi connectivity index (χ0) is 11.8. The fourth-order valence-electron chi connectivity index (χ4n) is 1.34. The van der Waals surface area contributed by atoms with E-state index in [4.69, 9.17) is 4.74 Å². The van der Waals surface area contributed by atoms with E-state index >= 15 is 0 Å². The highest BCUT2D eigenvalue weighted by atomic mass is 19.4. The van der Waals surface area contributed by atoms with E-state index in [9.17, 15) is 17.6 Å². The average Bonchev–Trinajstić information content (AvgIpc) is 2.96. The van der Waals surface area contributed by atoms with E-state index in [1.807, 2.05) is 0 Å². The molecule has 0 atom stereocenters. The highest BCUT2D eigenvalue weighted by Crippen LogP contribution is 2.57. The Balaban J connectivity index is 2.01. The molecule has 2 rings (SSSR count). The van der Waals surface area contributed by atoms with Crippen molar-refractivity contribution in [2.45, 2.75) is 19.0 Å². The number of halogens is 4. The molecule has 88 valence electrons. The van der Waals surface area contributed by atoms with Crippen molar-refractivity contribution >= 4 is 0 Å². The molecule has 0 N–H and O–H groups in total. The van der Waals surface area contributed by atoms with Gasteiger partial charge >= 0.3 is 6.18 Å². The predicted molar refractivity (Wildman–Crippen MR) is 47.4 cm³/mol. The van der Waals surface area contributed by atoms with Crippen molar-refractivity contribution in [2.75, 3.05) is 6.61 Å². The van der Waals surface area contributed by atoms with Crippen molar-refractivity contribution in [1.29, 1.82) is 0 Å². The highest BCUT2D eigenvalue weighted by molar-refractivity contribution is 5.13. The molecule has 1 heterocycles. The maximum Gasteiger partial charge on any atom is 0.397 e. The largest absolute Gasteiger partial charge is 0.475 e. The van der Waals surface area contributed by atoms with E-state index in [1.165, 1.54) is 12.3 Å². The summed E-state index contributed by atoms with van der Waals surface area (Å²) >= 11 is 0. The van der Waals surface area contributed by atoms with Gasteiger partial charge in [0, 0.05) is 6.20 Å². The molecule has 16 heavy (non-hydrogen) atoms. The van der Waals surface area contributed by atoms with Gasteiger partial charge in [-0.25, -0.2) is 9.37 Å². The smallest absolute Gasteiger partial charge is 0.397 e. The van der Waals surface area contributed by atoms with Gasteiger partial charge in [-0.05, 0) is 25.0 Å². The fraction of sp³-hybridized carbons (Fsp3) is 0.500. The molecule has 6 heteroatoms. The van der Waals surface area contributed by atoms with Crippen LogP contribution in [0.2, 0.25) is 0 Å². The lowest BCUT2D eigenvalue weighted by Gasteiger charge is -2.19. The van der Waals surface area contributed by atoms with Crippen molar-refractivity contribution in [3.05, 3.63) is 24.1 Å². The molecule has 1 aromatic heterocycles. The molecule has 0 aliphatic heterocycles. The minimum atomic E-state index is -4.29. The average molecular weight is 235 g/mol. The van der Waals surface area contributed by atoms with E-state index in [2.05, 4.69) is 4.98 Å². The van der Waals surface area contributed by atoms with E-state index < -0.39 is 24.0 Å². The summed E-state index contributed by atoms with van der Waals surface area (Å²) in [6.07, 6.45) is -2.96. The first-order chi connectivity index (χ1) is 7.45. The molecule has 0 aromatic carbocycles. The topological polar surface area (TPSA) is 22.1 Å². The molecule has 1 saturated carbocycles. The lowest BCUT2D eigenvalue weighted by molar-refractivity contribution is -0.194. The van der Waals surface area contributed by atoms with Crippen LogP contribution in [0.4, 0.5) is 17.6 Å². The fourth-order valence-corrected chi connectivity index (χ4v) is 1.34. The van der Waals surface area contributed by atoms with Crippen LogP contribution in [0, 0.1) is 11.2 Å². The maximum atomic E-state index is 13.0. The monoisotopic (exact) mass is 235 g/mol. The number of hydrogen-bond donors (Lipinski definition) is 0. The third-order valence-corrected chi connectivity index (χ3v) is 2.66. The van der Waals surface area contributed by atoms with E-state index in [0.717, 1.165) is 6.07 Å². The van der Waals surface area contributed by atoms with Gasteiger partial charge in [0.2, 0.25) is 5.88 Å². The van der Waals surface area contributed by atoms with Crippen LogP contribution in [-0.4, -0.2) is 17.8 Å². The van der Waals surface area contributed by atoms with Crippen molar-refractivity contribution < 1.29 is 22.3 Å². The van der Waals surface area contributed by atoms with Gasteiger partial charge in [-0.15, -0.1) is 0 Å². The van der Waals surface area contributed by atoms with Crippen molar-refractivity contribution in [3.63, 3.8) is 0 Å². The van der Waals surface area contributed by atoms with Crippen LogP contribution < -0.4 is 4.74 Å². The Morgan fingerprint density at radius 2 is 2.06 bits per heavy atom. The predicted octanol–water partition coefficient (Wildman–Crippen LogP) is 2.94. The SMILES string of the molecule is Fc1cccnc1OCC1(C(F)(F)F)CC1. The van der Waals surface area contributed by atoms with Crippen LogP contribution >= 0.6 is 0 Å². The van der Waals surface area contributed by atoms with Crippen molar-refractivity contribution in [1.82, 2.24) is 4.98 Å². The molecular formula is C10H9F4NO. The summed E-state index contributed by atoms with van der Waals surface area (Å²) in [6.45, 7) is -0.565. The summed E-state index contributed by atoms with van der Waals surface area (Å²) in [5, 5.41) is 0. The van der Waals surface area contributed by atoms with Gasteiger partial charge in [0.05, 0.1) is 0 Å². The van der Waals surface area contributed by atoms with Crippen LogP contribution in [0.3, 0.4) is 0 Å². The zero-order valence-corrected chi connectivity index (χ0v) is 8.22. The molecule has 0 radical (unpaired) electrons. The van der Waals surface area contributed by atoms with Crippen LogP contribution in [0.15, 0.2) is 18.3 Å². The Bertz CT molecular complexity index is 387. The van der Waals surface area contributed by atoms with Gasteiger partial charge in [0.25, 0.3) is 0 Å². The Hall–Kier alpha value is -1.33. The zero-order valence-electron chi connectivity index (χ0n) is 8.22. The number of ether oxygens (including phenoxy) is 1. The maximum absolute atomic E-state index is 13.0. The van der Waals surface area contributed by atoms with Crippen LogP contribution in [0.1, 0.15) is 12.8 Å². The number of aromatic nitrogens is 1. The quantitative estimate of drug-likeness (QED) is 0.751. The van der Waals surface area contributed by atoms with E-state index in [0.29, 0.717) is 0 Å². The molecule has 0 bridgehead atoms. The third kappa shape index (κ3) is 1.96. The first-order valence-corrected chi connectivity index (χ1v) is 4.75. The second-order valence-corrected chi connectivity index (χ2v) is 3.86. The molecule has 0 unspecified atom stereocenters. The van der Waals surface area contributed by atoms with Gasteiger partial charge in [-0.2, -0.15) is 13.2 Å². The second kappa shape index (κ2) is 3.61. The minimum absolute atomic E-state index is 0.0327. The molecule has 1 fully saturated rings. The van der Waals surface area contributed by atoms with Gasteiger partial charge in [-0.3, -0.25) is 0 Å². The lowest BCUT2D eigenvalue weighted by Crippen LogP contribution is -2.30. The molecule has 0 spiro atoms. The third-order valence-electron chi connectivity index (χ3n) is 2.66. The summed E-state index contributed by atoms with van der Waals surface area (Å²) in [6, 6.07) is 2.44. The highest BCUT2D eigenvalue weighted by Gasteiger charge is 2.64. The normalized spacial score (nSPS) is 18.2. The molecular weight excluding hydrogens is 226 g/mol. The van der Waals surface area contributed by atoms with Crippen LogP contribution in [0.25, 0.3) is 0 Å². The molecule has 0 amide bonds. The standard InChI is InChI=1S/C10H9F4NO/c11-7-2-1-5-15-8(7)16-6-9(3-4-9)10(12,13)14/h1-2,5H,3-4,6H2. The summed E-state index contributed by atoms with van der Waals surface area (Å²) in [7, 11) is 0. The first-order valence-electron chi connectivity index (χ1n) is 4.75.